The number of anilines is 1. The molecule has 1 N–H and O–H groups in total. The summed E-state index contributed by atoms with van der Waals surface area (Å²) in [5.41, 5.74) is 1.38. The van der Waals surface area contributed by atoms with Crippen molar-refractivity contribution in [2.75, 3.05) is 19.5 Å². The molecule has 0 aromatic heterocycles. The molecule has 0 fully saturated rings. The molecule has 5 heteroatoms. The fourth-order valence-corrected chi connectivity index (χ4v) is 1.43. The van der Waals surface area contributed by atoms with E-state index in [-0.39, 0.29) is 5.97 Å². The van der Waals surface area contributed by atoms with Crippen molar-refractivity contribution in [1.82, 2.24) is 0 Å². The highest BCUT2D eigenvalue weighted by Gasteiger charge is 2.30. The summed E-state index contributed by atoms with van der Waals surface area (Å²) >= 11 is 4.24. The lowest BCUT2D eigenvalue weighted by Gasteiger charge is -2.22. The van der Waals surface area contributed by atoms with E-state index in [1.54, 1.807) is 0 Å². The van der Waals surface area contributed by atoms with Crippen LogP contribution >= 0.6 is 37.2 Å². The molecule has 3 nitrogen and oxygen atoms in total. The summed E-state index contributed by atoms with van der Waals surface area (Å²) in [7, 11) is 3.27. The van der Waals surface area contributed by atoms with Crippen LogP contribution in [0.25, 0.3) is 0 Å². The monoisotopic (exact) mass is 461 g/mol. The summed E-state index contributed by atoms with van der Waals surface area (Å²) in [6, 6.07) is 7.76. The molecule has 0 atom stereocenters. The molecule has 96 valence electrons. The van der Waals surface area contributed by atoms with E-state index in [4.69, 9.17) is 4.74 Å². The number of hydrogen-bond acceptors (Lipinski definition) is 3. The second-order valence-electron chi connectivity index (χ2n) is 3.94. The Morgan fingerprint density at radius 2 is 1.71 bits per heavy atom. The maximum absolute atomic E-state index is 11.6. The third-order valence-electron chi connectivity index (χ3n) is 2.59. The fourth-order valence-electron chi connectivity index (χ4n) is 1.43. The van der Waals surface area contributed by atoms with Gasteiger partial charge in [0.25, 0.3) is 0 Å². The van der Waals surface area contributed by atoms with Crippen LogP contribution < -0.4 is 5.32 Å². The molecule has 0 radical (unpaired) electrons. The topological polar surface area (TPSA) is 38.3 Å². The van der Waals surface area contributed by atoms with Gasteiger partial charge in [-0.05, 0) is 31.5 Å². The van der Waals surface area contributed by atoms with Gasteiger partial charge in [0.15, 0.2) is 0 Å². The zero-order chi connectivity index (χ0) is 13.5. The van der Waals surface area contributed by atoms with E-state index < -0.39 is 5.41 Å². The molecule has 0 heterocycles. The van der Waals surface area contributed by atoms with Crippen LogP contribution in [-0.4, -0.2) is 20.1 Å². The van der Waals surface area contributed by atoms with Crippen LogP contribution in [0, 0.1) is 0 Å². The second kappa shape index (κ2) is 8.12. The van der Waals surface area contributed by atoms with Gasteiger partial charge in [0, 0.05) is 50.0 Å². The van der Waals surface area contributed by atoms with Crippen molar-refractivity contribution < 1.29 is 9.53 Å². The molecule has 1 rings (SSSR count). The Morgan fingerprint density at radius 1 is 1.24 bits per heavy atom. The first kappa shape index (κ1) is 16.9. The number of esters is 1. The summed E-state index contributed by atoms with van der Waals surface area (Å²) in [4.78, 5) is 11.6. The van der Waals surface area contributed by atoms with Crippen molar-refractivity contribution in [3.05, 3.63) is 29.8 Å². The van der Waals surface area contributed by atoms with Gasteiger partial charge in [-0.25, -0.2) is 0 Å². The van der Waals surface area contributed by atoms with Gasteiger partial charge >= 0.3 is 5.97 Å². The van der Waals surface area contributed by atoms with Gasteiger partial charge in [0.2, 0.25) is 0 Å². The Kier molecular flexibility index (Phi) is 8.10. The lowest BCUT2D eigenvalue weighted by atomic mass is 9.85. The summed E-state index contributed by atoms with van der Waals surface area (Å²) in [5, 5.41) is 3.03. The highest BCUT2D eigenvalue weighted by Crippen LogP contribution is 2.25. The number of benzene rings is 1. The standard InChI is InChI=1S/C12H17NO2.I2/c1-12(2,11(14)15-4)9-5-7-10(13-3)8-6-9;1-2/h5-8,13H,1-4H3;. The number of carbonyl (C=O) groups is 1. The van der Waals surface area contributed by atoms with Crippen LogP contribution in [0.3, 0.4) is 0 Å². The minimum atomic E-state index is -0.596. The Hall–Kier alpha value is -0.0500. The largest absolute Gasteiger partial charge is 0.468 e. The van der Waals surface area contributed by atoms with Crippen LogP contribution in [0.4, 0.5) is 5.69 Å². The zero-order valence-electron chi connectivity index (χ0n) is 10.4. The number of ether oxygens (including phenoxy) is 1. The van der Waals surface area contributed by atoms with E-state index >= 15 is 0 Å². The molecule has 0 spiro atoms. The number of rotatable bonds is 3. The summed E-state index contributed by atoms with van der Waals surface area (Å²) in [6.45, 7) is 3.71. The van der Waals surface area contributed by atoms with Gasteiger partial charge in [-0.3, -0.25) is 4.79 Å². The van der Waals surface area contributed by atoms with Crippen LogP contribution in [0.5, 0.6) is 0 Å². The second-order valence-corrected chi connectivity index (χ2v) is 3.94. The molecular formula is C12H17I2NO2. The average Bonchev–Trinajstić information content (AvgIpc) is 2.40. The van der Waals surface area contributed by atoms with Gasteiger partial charge in [-0.15, -0.1) is 0 Å². The average molecular weight is 461 g/mol. The lowest BCUT2D eigenvalue weighted by Crippen LogP contribution is -2.30. The first-order chi connectivity index (χ1) is 8.02. The van der Waals surface area contributed by atoms with E-state index in [0.29, 0.717) is 0 Å². The predicted octanol–water partition coefficient (Wildman–Crippen LogP) is 3.95. The van der Waals surface area contributed by atoms with Crippen molar-refractivity contribution >= 4 is 48.9 Å². The van der Waals surface area contributed by atoms with Gasteiger partial charge in [-0.1, -0.05) is 12.1 Å². The van der Waals surface area contributed by atoms with Gasteiger partial charge in [0.05, 0.1) is 12.5 Å². The molecular weight excluding hydrogens is 444 g/mol. The van der Waals surface area contributed by atoms with Gasteiger partial charge < -0.3 is 10.1 Å². The number of halogens is 2. The van der Waals surface area contributed by atoms with Gasteiger partial charge in [-0.2, -0.15) is 0 Å². The van der Waals surface area contributed by atoms with E-state index in [9.17, 15) is 4.79 Å². The van der Waals surface area contributed by atoms with Crippen molar-refractivity contribution in [1.29, 1.82) is 0 Å². The zero-order valence-corrected chi connectivity index (χ0v) is 14.7. The maximum Gasteiger partial charge on any atom is 0.315 e. The smallest absolute Gasteiger partial charge is 0.315 e. The van der Waals surface area contributed by atoms with E-state index in [1.165, 1.54) is 7.11 Å². The molecule has 1 aromatic rings. The molecule has 0 aliphatic heterocycles. The molecule has 0 unspecified atom stereocenters. The predicted molar refractivity (Wildman–Crippen MR) is 89.1 cm³/mol. The third kappa shape index (κ3) is 4.61. The number of methoxy groups -OCH3 is 1. The molecule has 0 amide bonds. The molecule has 0 saturated carbocycles. The highest BCUT2D eigenvalue weighted by molar-refractivity contribution is 15.0. The maximum atomic E-state index is 11.6. The number of carbonyl (C=O) groups excluding carboxylic acids is 1. The molecule has 17 heavy (non-hydrogen) atoms. The van der Waals surface area contributed by atoms with Crippen LogP contribution in [-0.2, 0) is 14.9 Å². The van der Waals surface area contributed by atoms with Gasteiger partial charge in [0.1, 0.15) is 0 Å². The first-order valence-electron chi connectivity index (χ1n) is 5.03. The van der Waals surface area contributed by atoms with Crippen molar-refractivity contribution in [3.63, 3.8) is 0 Å². The normalized spacial score (nSPS) is 10.0. The Bertz CT molecular complexity index is 350. The lowest BCUT2D eigenvalue weighted by molar-refractivity contribution is -0.146. The fraction of sp³-hybridized carbons (Fsp3) is 0.417. The quantitative estimate of drug-likeness (QED) is 0.548. The minimum Gasteiger partial charge on any atom is -0.468 e. The SMILES string of the molecule is CNc1ccc(C(C)(C)C(=O)OC)cc1.II. The van der Waals surface area contributed by atoms with E-state index in [0.717, 1.165) is 11.3 Å². The Labute approximate surface area is 126 Å². The molecule has 0 saturated heterocycles. The molecule has 0 aliphatic rings. The first-order valence-corrected chi connectivity index (χ1v) is 11.3. The van der Waals surface area contributed by atoms with Crippen molar-refractivity contribution in [2.24, 2.45) is 0 Å². The number of hydrogen-bond donors (Lipinski definition) is 1. The Morgan fingerprint density at radius 3 is 2.06 bits per heavy atom. The van der Waals surface area contributed by atoms with Crippen LogP contribution in [0.15, 0.2) is 24.3 Å². The highest BCUT2D eigenvalue weighted by atomic mass is 128. The summed E-state index contributed by atoms with van der Waals surface area (Å²) in [5.74, 6) is -0.222. The molecule has 1 aromatic carbocycles. The van der Waals surface area contributed by atoms with Crippen molar-refractivity contribution in [3.8, 4) is 0 Å². The molecule has 0 aliphatic carbocycles. The third-order valence-corrected chi connectivity index (χ3v) is 2.59. The Balaban J connectivity index is 0.00000121. The summed E-state index contributed by atoms with van der Waals surface area (Å²) < 4.78 is 4.77. The number of nitrogens with one attached hydrogen (secondary N) is 1. The minimum absolute atomic E-state index is 0.222. The van der Waals surface area contributed by atoms with E-state index in [2.05, 4.69) is 42.5 Å². The van der Waals surface area contributed by atoms with Crippen LogP contribution in [0.1, 0.15) is 19.4 Å². The van der Waals surface area contributed by atoms with Crippen LogP contribution in [0.2, 0.25) is 0 Å². The summed E-state index contributed by atoms with van der Waals surface area (Å²) in [6.07, 6.45) is 0. The van der Waals surface area contributed by atoms with E-state index in [1.807, 2.05) is 45.2 Å². The van der Waals surface area contributed by atoms with Crippen molar-refractivity contribution in [2.45, 2.75) is 19.3 Å². The molecule has 0 bridgehead atoms.